The molecule has 0 atom stereocenters. The monoisotopic (exact) mass is 559 g/mol. The minimum absolute atomic E-state index is 0. The van der Waals surface area contributed by atoms with Crippen LogP contribution in [0.3, 0.4) is 0 Å². The number of thioether (sulfide) groups is 1. The van der Waals surface area contributed by atoms with E-state index in [1.54, 1.807) is 0 Å². The lowest BCUT2D eigenvalue weighted by atomic mass is 10.1. The Morgan fingerprint density at radius 3 is 2.30 bits per heavy atom. The molecule has 4 rings (SSSR count). The van der Waals surface area contributed by atoms with E-state index >= 15 is 0 Å². The minimum atomic E-state index is 0. The van der Waals surface area contributed by atoms with Crippen molar-refractivity contribution in [1.82, 2.24) is 19.8 Å². The molecule has 6 nitrogen and oxygen atoms in total. The number of piperazine rings is 1. The largest absolute Gasteiger partial charge is 0.395 e. The number of hydrogen-bond donors (Lipinski definition) is 2. The average Bonchev–Trinajstić information content (AvgIpc) is 3.08. The van der Waals surface area contributed by atoms with Crippen LogP contribution < -0.4 is 4.90 Å². The number of halogens is 4. The average molecular weight is 561 g/mol. The third-order valence-corrected chi connectivity index (χ3v) is 7.46. The lowest BCUT2D eigenvalue weighted by Crippen LogP contribution is -2.47. The van der Waals surface area contributed by atoms with Gasteiger partial charge in [-0.25, -0.2) is 4.98 Å². The molecular formula is C22H37Cl4N5OS. The fraction of sp³-hybridized carbons (Fsp3) is 0.682. The molecule has 1 aromatic carbocycles. The Kier molecular flexibility index (Phi) is 13.0. The van der Waals surface area contributed by atoms with Gasteiger partial charge in [-0.2, -0.15) is 0 Å². The second-order valence-electron chi connectivity index (χ2n) is 9.11. The van der Waals surface area contributed by atoms with Crippen LogP contribution in [0.25, 0.3) is 11.0 Å². The Bertz CT molecular complexity index is 855. The number of anilines is 1. The van der Waals surface area contributed by atoms with Crippen LogP contribution in [-0.4, -0.2) is 88.6 Å². The van der Waals surface area contributed by atoms with Crippen molar-refractivity contribution in [3.8, 4) is 0 Å². The minimum Gasteiger partial charge on any atom is -0.395 e. The number of aromatic nitrogens is 2. The van der Waals surface area contributed by atoms with Gasteiger partial charge in [0, 0.05) is 44.0 Å². The normalized spacial score (nSPS) is 17.9. The lowest BCUT2D eigenvalue weighted by Gasteiger charge is -2.36. The summed E-state index contributed by atoms with van der Waals surface area (Å²) >= 11 is 8.47. The van der Waals surface area contributed by atoms with E-state index in [9.17, 15) is 0 Å². The van der Waals surface area contributed by atoms with E-state index in [4.69, 9.17) is 21.7 Å². The summed E-state index contributed by atoms with van der Waals surface area (Å²) in [7, 11) is 0. The number of benzene rings is 1. The van der Waals surface area contributed by atoms with E-state index < -0.39 is 0 Å². The molecule has 2 N–H and O–H groups in total. The molecule has 0 aliphatic carbocycles. The highest BCUT2D eigenvalue weighted by molar-refractivity contribution is 8.00. The maximum absolute atomic E-state index is 9.15. The highest BCUT2D eigenvalue weighted by atomic mass is 35.5. The second-order valence-corrected chi connectivity index (χ2v) is 11.2. The van der Waals surface area contributed by atoms with Crippen molar-refractivity contribution in [1.29, 1.82) is 0 Å². The number of hydrogen-bond acceptors (Lipinski definition) is 6. The van der Waals surface area contributed by atoms with E-state index in [0.717, 1.165) is 66.2 Å². The molecule has 2 fully saturated rings. The number of rotatable bonds is 7. The fourth-order valence-corrected chi connectivity index (χ4v) is 5.94. The number of imidazole rings is 1. The number of H-pyrrole nitrogens is 1. The van der Waals surface area contributed by atoms with E-state index in [2.05, 4.69) is 39.6 Å². The molecule has 0 unspecified atom stereocenters. The maximum atomic E-state index is 9.15. The van der Waals surface area contributed by atoms with Gasteiger partial charge in [0.15, 0.2) is 5.16 Å². The van der Waals surface area contributed by atoms with Crippen LogP contribution in [0.15, 0.2) is 17.3 Å². The van der Waals surface area contributed by atoms with Crippen LogP contribution >= 0.6 is 60.6 Å². The van der Waals surface area contributed by atoms with Gasteiger partial charge in [0.25, 0.3) is 0 Å². The Morgan fingerprint density at radius 1 is 1.00 bits per heavy atom. The molecule has 0 amide bonds. The standard InChI is InChI=1S/C22H34ClN5OS.3ClH/c1-22(2,16-27-6-4-3-5-7-27)30-21-24-18-14-17(23)20(15-19(18)25-21)28-10-8-26(9-11-28)12-13-29;;;/h14-15,29H,3-13,16H2,1-2H3,(H,24,25);3*1H. The summed E-state index contributed by atoms with van der Waals surface area (Å²) in [5.74, 6) is 0. The first-order valence-electron chi connectivity index (χ1n) is 11.1. The van der Waals surface area contributed by atoms with Gasteiger partial charge in [-0.05, 0) is 51.9 Å². The summed E-state index contributed by atoms with van der Waals surface area (Å²) in [4.78, 5) is 15.6. The summed E-state index contributed by atoms with van der Waals surface area (Å²) in [6.45, 7) is 12.8. The fourth-order valence-electron chi connectivity index (χ4n) is 4.59. The zero-order valence-electron chi connectivity index (χ0n) is 19.4. The van der Waals surface area contributed by atoms with Gasteiger partial charge in [-0.1, -0.05) is 29.8 Å². The van der Waals surface area contributed by atoms with Gasteiger partial charge < -0.3 is 19.9 Å². The number of nitrogens with zero attached hydrogens (tertiary/aromatic N) is 4. The molecule has 2 aliphatic rings. The molecule has 2 aromatic rings. The number of fused-ring (bicyclic) bond motifs is 1. The van der Waals surface area contributed by atoms with Crippen molar-refractivity contribution in [3.63, 3.8) is 0 Å². The molecule has 3 heterocycles. The Morgan fingerprint density at radius 2 is 1.67 bits per heavy atom. The third-order valence-electron chi connectivity index (χ3n) is 6.08. The summed E-state index contributed by atoms with van der Waals surface area (Å²) in [5.41, 5.74) is 3.04. The van der Waals surface area contributed by atoms with Gasteiger partial charge in [-0.3, -0.25) is 4.90 Å². The zero-order chi connectivity index (χ0) is 21.1. The van der Waals surface area contributed by atoms with Crippen LogP contribution in [0.1, 0.15) is 33.1 Å². The van der Waals surface area contributed by atoms with Gasteiger partial charge in [0.05, 0.1) is 28.4 Å². The first kappa shape index (κ1) is 30.9. The molecule has 2 saturated heterocycles. The van der Waals surface area contributed by atoms with Crippen LogP contribution in [0.5, 0.6) is 0 Å². The van der Waals surface area contributed by atoms with Crippen molar-refractivity contribution < 1.29 is 5.11 Å². The Labute approximate surface area is 225 Å². The Hall–Kier alpha value is -0.120. The lowest BCUT2D eigenvalue weighted by molar-refractivity contribution is 0.189. The highest BCUT2D eigenvalue weighted by Gasteiger charge is 2.26. The molecule has 190 valence electrons. The number of aromatic amines is 1. The van der Waals surface area contributed by atoms with E-state index in [0.29, 0.717) is 0 Å². The molecule has 0 radical (unpaired) electrons. The number of aliphatic hydroxyl groups is 1. The van der Waals surface area contributed by atoms with E-state index in [1.165, 1.54) is 32.4 Å². The number of piperidine rings is 1. The first-order chi connectivity index (χ1) is 14.4. The van der Waals surface area contributed by atoms with Crippen LogP contribution in [0, 0.1) is 0 Å². The summed E-state index contributed by atoms with van der Waals surface area (Å²) in [6, 6.07) is 4.14. The molecule has 0 spiro atoms. The highest BCUT2D eigenvalue weighted by Crippen LogP contribution is 2.36. The van der Waals surface area contributed by atoms with E-state index in [1.807, 2.05) is 17.8 Å². The summed E-state index contributed by atoms with van der Waals surface area (Å²) in [5, 5.41) is 10.9. The maximum Gasteiger partial charge on any atom is 0.166 e. The smallest absolute Gasteiger partial charge is 0.166 e. The van der Waals surface area contributed by atoms with Crippen LogP contribution in [0.4, 0.5) is 5.69 Å². The number of nitrogens with one attached hydrogen (secondary N) is 1. The van der Waals surface area contributed by atoms with Gasteiger partial charge in [0.1, 0.15) is 0 Å². The Balaban J connectivity index is 0.00000181. The van der Waals surface area contributed by atoms with Gasteiger partial charge in [-0.15, -0.1) is 37.2 Å². The van der Waals surface area contributed by atoms with E-state index in [-0.39, 0.29) is 48.6 Å². The van der Waals surface area contributed by atoms with Crippen molar-refractivity contribution >= 4 is 77.3 Å². The first-order valence-corrected chi connectivity index (χ1v) is 12.3. The molecule has 0 bridgehead atoms. The summed E-state index contributed by atoms with van der Waals surface area (Å²) in [6.07, 6.45) is 4.01. The second kappa shape index (κ2) is 13.8. The van der Waals surface area contributed by atoms with Gasteiger partial charge in [0.2, 0.25) is 0 Å². The van der Waals surface area contributed by atoms with Crippen molar-refractivity contribution in [2.75, 3.05) is 63.9 Å². The molecule has 2 aliphatic heterocycles. The zero-order valence-corrected chi connectivity index (χ0v) is 23.4. The van der Waals surface area contributed by atoms with Crippen molar-refractivity contribution in [2.45, 2.75) is 43.0 Å². The topological polar surface area (TPSA) is 58.6 Å². The number of likely N-dealkylation sites (tertiary alicyclic amines) is 1. The van der Waals surface area contributed by atoms with Crippen molar-refractivity contribution in [3.05, 3.63) is 17.2 Å². The predicted octanol–water partition coefficient (Wildman–Crippen LogP) is 4.95. The third kappa shape index (κ3) is 8.21. The molecule has 1 aromatic heterocycles. The van der Waals surface area contributed by atoms with Crippen LogP contribution in [-0.2, 0) is 0 Å². The summed E-state index contributed by atoms with van der Waals surface area (Å²) < 4.78 is 0.0981. The predicted molar refractivity (Wildman–Crippen MR) is 149 cm³/mol. The number of aliphatic hydroxyl groups excluding tert-OH is 1. The molecule has 0 saturated carbocycles. The van der Waals surface area contributed by atoms with Crippen molar-refractivity contribution in [2.24, 2.45) is 0 Å². The SMILES string of the molecule is CC(C)(CN1CCCCC1)Sc1nc2cc(Cl)c(N3CCN(CCO)CC3)cc2[nH]1.Cl.Cl.Cl. The molecule has 33 heavy (non-hydrogen) atoms. The molecule has 11 heteroatoms. The number of β-amino-alcohol motifs (C(OH)–C–C–N with tert-alkyl or cyclic N) is 1. The van der Waals surface area contributed by atoms with Gasteiger partial charge >= 0.3 is 0 Å². The molecular weight excluding hydrogens is 524 g/mol. The van der Waals surface area contributed by atoms with Crippen LogP contribution in [0.2, 0.25) is 5.02 Å². The quantitative estimate of drug-likeness (QED) is 0.467.